The summed E-state index contributed by atoms with van der Waals surface area (Å²) in [6.45, 7) is 6.43. The molecule has 1 N–H and O–H groups in total. The number of likely N-dealkylation sites (N-methyl/N-ethyl adjacent to an activating group) is 1. The van der Waals surface area contributed by atoms with Crippen molar-refractivity contribution in [1.29, 1.82) is 0 Å². The summed E-state index contributed by atoms with van der Waals surface area (Å²) >= 11 is 0. The highest BCUT2D eigenvalue weighted by molar-refractivity contribution is 6.05. The van der Waals surface area contributed by atoms with Crippen LogP contribution in [0.2, 0.25) is 0 Å². The Kier molecular flexibility index (Phi) is 4.78. The topological polar surface area (TPSA) is 49.4 Å². The van der Waals surface area contributed by atoms with Gasteiger partial charge in [-0.15, -0.1) is 0 Å². The van der Waals surface area contributed by atoms with Gasteiger partial charge in [0.15, 0.2) is 0 Å². The third kappa shape index (κ3) is 3.70. The Morgan fingerprint density at radius 2 is 1.81 bits per heavy atom. The standard InChI is InChI=1S/C17H24N2O2/c1-11(2)9-13-5-7-14(8-6-13)12(3)18-15-10-16(20)19(4)17(15)21/h5-8,11-12,15,18H,9-10H2,1-4H3. The highest BCUT2D eigenvalue weighted by Crippen LogP contribution is 2.19. The van der Waals surface area contributed by atoms with Gasteiger partial charge in [0.2, 0.25) is 11.8 Å². The summed E-state index contributed by atoms with van der Waals surface area (Å²) in [5, 5.41) is 3.25. The first kappa shape index (κ1) is 15.7. The Labute approximate surface area is 126 Å². The van der Waals surface area contributed by atoms with E-state index in [2.05, 4.69) is 43.4 Å². The second kappa shape index (κ2) is 6.39. The van der Waals surface area contributed by atoms with Gasteiger partial charge in [0.05, 0.1) is 12.5 Å². The molecule has 0 spiro atoms. The molecule has 4 nitrogen and oxygen atoms in total. The van der Waals surface area contributed by atoms with Crippen molar-refractivity contribution in [1.82, 2.24) is 10.2 Å². The second-order valence-corrected chi connectivity index (χ2v) is 6.28. The number of carbonyl (C=O) groups is 2. The van der Waals surface area contributed by atoms with Crippen LogP contribution in [0.25, 0.3) is 0 Å². The van der Waals surface area contributed by atoms with Crippen molar-refractivity contribution in [3.05, 3.63) is 35.4 Å². The van der Waals surface area contributed by atoms with E-state index in [0.717, 1.165) is 12.0 Å². The van der Waals surface area contributed by atoms with Crippen molar-refractivity contribution in [2.24, 2.45) is 5.92 Å². The number of imide groups is 1. The van der Waals surface area contributed by atoms with E-state index in [1.54, 1.807) is 0 Å². The Bertz CT molecular complexity index is 522. The van der Waals surface area contributed by atoms with Gasteiger partial charge >= 0.3 is 0 Å². The summed E-state index contributed by atoms with van der Waals surface area (Å²) in [7, 11) is 1.54. The Balaban J connectivity index is 1.99. The number of amides is 2. The third-order valence-corrected chi connectivity index (χ3v) is 3.96. The minimum atomic E-state index is -0.396. The van der Waals surface area contributed by atoms with Gasteiger partial charge in [0, 0.05) is 13.1 Å². The fourth-order valence-corrected chi connectivity index (χ4v) is 2.70. The maximum atomic E-state index is 11.9. The van der Waals surface area contributed by atoms with Crippen LogP contribution in [0.15, 0.2) is 24.3 Å². The first-order valence-electron chi connectivity index (χ1n) is 7.53. The molecule has 1 aromatic rings. The average molecular weight is 288 g/mol. The fraction of sp³-hybridized carbons (Fsp3) is 0.529. The number of carbonyl (C=O) groups excluding carboxylic acids is 2. The largest absolute Gasteiger partial charge is 0.299 e. The molecular weight excluding hydrogens is 264 g/mol. The smallest absolute Gasteiger partial charge is 0.246 e. The van der Waals surface area contributed by atoms with Crippen LogP contribution >= 0.6 is 0 Å². The number of benzene rings is 1. The predicted molar refractivity (Wildman–Crippen MR) is 82.7 cm³/mol. The van der Waals surface area contributed by atoms with Gasteiger partial charge in [-0.1, -0.05) is 38.1 Å². The lowest BCUT2D eigenvalue weighted by molar-refractivity contribution is -0.137. The fourth-order valence-electron chi connectivity index (χ4n) is 2.70. The zero-order valence-electron chi connectivity index (χ0n) is 13.2. The average Bonchev–Trinajstić information content (AvgIpc) is 2.66. The van der Waals surface area contributed by atoms with Crippen molar-refractivity contribution in [2.45, 2.75) is 45.7 Å². The molecule has 1 aliphatic heterocycles. The van der Waals surface area contributed by atoms with Gasteiger partial charge in [-0.25, -0.2) is 0 Å². The molecule has 0 saturated carbocycles. The Morgan fingerprint density at radius 1 is 1.19 bits per heavy atom. The molecule has 0 radical (unpaired) electrons. The van der Waals surface area contributed by atoms with E-state index in [0.29, 0.717) is 5.92 Å². The minimum Gasteiger partial charge on any atom is -0.299 e. The molecule has 114 valence electrons. The molecule has 0 bridgehead atoms. The van der Waals surface area contributed by atoms with Crippen LogP contribution in [-0.4, -0.2) is 29.8 Å². The van der Waals surface area contributed by atoms with E-state index in [9.17, 15) is 9.59 Å². The quantitative estimate of drug-likeness (QED) is 0.846. The minimum absolute atomic E-state index is 0.0475. The normalized spacial score (nSPS) is 20.4. The second-order valence-electron chi connectivity index (χ2n) is 6.28. The summed E-state index contributed by atoms with van der Waals surface area (Å²) in [5.41, 5.74) is 2.46. The first-order chi connectivity index (χ1) is 9.88. The number of rotatable bonds is 5. The Hall–Kier alpha value is -1.68. The zero-order chi connectivity index (χ0) is 15.6. The van der Waals surface area contributed by atoms with Crippen LogP contribution in [0.4, 0.5) is 0 Å². The van der Waals surface area contributed by atoms with Crippen molar-refractivity contribution >= 4 is 11.8 Å². The van der Waals surface area contributed by atoms with Crippen LogP contribution in [0, 0.1) is 5.92 Å². The number of hydrogen-bond acceptors (Lipinski definition) is 3. The molecule has 1 aliphatic rings. The van der Waals surface area contributed by atoms with Crippen LogP contribution in [0.1, 0.15) is 44.4 Å². The number of hydrogen-bond donors (Lipinski definition) is 1. The molecular formula is C17H24N2O2. The van der Waals surface area contributed by atoms with Crippen LogP contribution in [0.5, 0.6) is 0 Å². The molecule has 2 rings (SSSR count). The third-order valence-electron chi connectivity index (χ3n) is 3.96. The van der Waals surface area contributed by atoms with Crippen LogP contribution in [-0.2, 0) is 16.0 Å². The molecule has 1 saturated heterocycles. The van der Waals surface area contributed by atoms with E-state index in [1.165, 1.54) is 17.5 Å². The van der Waals surface area contributed by atoms with Crippen molar-refractivity contribution in [3.63, 3.8) is 0 Å². The summed E-state index contributed by atoms with van der Waals surface area (Å²) in [4.78, 5) is 24.6. The van der Waals surface area contributed by atoms with Gasteiger partial charge in [0.25, 0.3) is 0 Å². The van der Waals surface area contributed by atoms with Crippen molar-refractivity contribution in [2.75, 3.05) is 7.05 Å². The highest BCUT2D eigenvalue weighted by atomic mass is 16.2. The molecule has 2 unspecified atom stereocenters. The van der Waals surface area contributed by atoms with E-state index >= 15 is 0 Å². The molecule has 21 heavy (non-hydrogen) atoms. The molecule has 0 aromatic heterocycles. The Morgan fingerprint density at radius 3 is 2.29 bits per heavy atom. The maximum Gasteiger partial charge on any atom is 0.246 e. The van der Waals surface area contributed by atoms with E-state index in [-0.39, 0.29) is 24.3 Å². The summed E-state index contributed by atoms with van der Waals surface area (Å²) in [5.74, 6) is 0.393. The van der Waals surface area contributed by atoms with Gasteiger partial charge in [-0.05, 0) is 30.4 Å². The highest BCUT2D eigenvalue weighted by Gasteiger charge is 2.36. The summed E-state index contributed by atoms with van der Waals surface area (Å²) < 4.78 is 0. The number of likely N-dealkylation sites (tertiary alicyclic amines) is 1. The summed E-state index contributed by atoms with van der Waals surface area (Å²) in [6.07, 6.45) is 1.33. The van der Waals surface area contributed by atoms with E-state index in [1.807, 2.05) is 6.92 Å². The molecule has 1 fully saturated rings. The van der Waals surface area contributed by atoms with Gasteiger partial charge in [-0.3, -0.25) is 19.8 Å². The molecule has 2 atom stereocenters. The molecule has 4 heteroatoms. The predicted octanol–water partition coefficient (Wildman–Crippen LogP) is 2.29. The lowest BCUT2D eigenvalue weighted by Gasteiger charge is -2.18. The number of nitrogens with one attached hydrogen (secondary N) is 1. The van der Waals surface area contributed by atoms with Gasteiger partial charge < -0.3 is 0 Å². The van der Waals surface area contributed by atoms with Crippen molar-refractivity contribution < 1.29 is 9.59 Å². The van der Waals surface area contributed by atoms with E-state index in [4.69, 9.17) is 0 Å². The first-order valence-corrected chi connectivity index (χ1v) is 7.53. The maximum absolute atomic E-state index is 11.9. The summed E-state index contributed by atoms with van der Waals surface area (Å²) in [6, 6.07) is 8.13. The SMILES string of the molecule is CC(C)Cc1ccc(C(C)NC2CC(=O)N(C)C2=O)cc1. The monoisotopic (exact) mass is 288 g/mol. The lowest BCUT2D eigenvalue weighted by atomic mass is 9.99. The molecule has 0 aliphatic carbocycles. The van der Waals surface area contributed by atoms with Crippen molar-refractivity contribution in [3.8, 4) is 0 Å². The van der Waals surface area contributed by atoms with E-state index < -0.39 is 6.04 Å². The van der Waals surface area contributed by atoms with Crippen LogP contribution in [0.3, 0.4) is 0 Å². The van der Waals surface area contributed by atoms with Gasteiger partial charge in [0.1, 0.15) is 0 Å². The molecule has 1 heterocycles. The molecule has 2 amide bonds. The zero-order valence-corrected chi connectivity index (χ0v) is 13.2. The lowest BCUT2D eigenvalue weighted by Crippen LogP contribution is -2.38. The number of nitrogens with zero attached hydrogens (tertiary/aromatic N) is 1. The molecule has 1 aromatic carbocycles. The van der Waals surface area contributed by atoms with Crippen LogP contribution < -0.4 is 5.32 Å². The van der Waals surface area contributed by atoms with Gasteiger partial charge in [-0.2, -0.15) is 0 Å².